The van der Waals surface area contributed by atoms with Gasteiger partial charge in [-0.1, -0.05) is 280 Å². The second kappa shape index (κ2) is 16.9. The average Bonchev–Trinajstić information content (AvgIpc) is 4.02. The van der Waals surface area contributed by atoms with Crippen LogP contribution in [0, 0.1) is 0 Å². The molecule has 74 heavy (non-hydrogen) atoms. The van der Waals surface area contributed by atoms with Gasteiger partial charge in [0.05, 0.1) is 5.41 Å². The Morgan fingerprint density at radius 2 is 0.743 bits per heavy atom. The summed E-state index contributed by atoms with van der Waals surface area (Å²) in [6.45, 7) is 18.5. The van der Waals surface area contributed by atoms with Crippen LogP contribution < -0.4 is 0 Å². The molecule has 10 aromatic carbocycles. The van der Waals surface area contributed by atoms with Crippen molar-refractivity contribution in [2.24, 2.45) is 0 Å². The van der Waals surface area contributed by atoms with E-state index >= 15 is 0 Å². The van der Waals surface area contributed by atoms with Gasteiger partial charge in [0.25, 0.3) is 0 Å². The first-order valence-corrected chi connectivity index (χ1v) is 26.8. The Morgan fingerprint density at radius 3 is 1.30 bits per heavy atom. The van der Waals surface area contributed by atoms with E-state index in [1.165, 1.54) is 128 Å². The molecule has 3 aliphatic carbocycles. The Labute approximate surface area is 439 Å². The fourth-order valence-electron chi connectivity index (χ4n) is 13.3. The van der Waals surface area contributed by atoms with E-state index in [0.717, 1.165) is 6.42 Å². The topological polar surface area (TPSA) is 0 Å². The molecule has 0 aliphatic heterocycles. The normalized spacial score (nSPS) is 14.7. The monoisotopic (exact) mass is 953 g/mol. The van der Waals surface area contributed by atoms with Gasteiger partial charge in [0.15, 0.2) is 0 Å². The summed E-state index contributed by atoms with van der Waals surface area (Å²) in [5.41, 5.74) is 30.2. The first-order chi connectivity index (χ1) is 35.7. The number of rotatable bonds is 7. The zero-order valence-electron chi connectivity index (χ0n) is 44.1. The molecule has 3 aliphatic rings. The molecule has 0 N–H and O–H groups in total. The number of benzene rings is 10. The van der Waals surface area contributed by atoms with Crippen molar-refractivity contribution < 1.29 is 0 Å². The summed E-state index contributed by atoms with van der Waals surface area (Å²) in [5.74, 6) is 0.122. The molecule has 360 valence electrons. The molecule has 0 radical (unpaired) electrons. The first-order valence-electron chi connectivity index (χ1n) is 26.8. The van der Waals surface area contributed by atoms with Gasteiger partial charge in [0.1, 0.15) is 0 Å². The van der Waals surface area contributed by atoms with Crippen molar-refractivity contribution in [3.63, 3.8) is 0 Å². The van der Waals surface area contributed by atoms with Crippen LogP contribution in [-0.4, -0.2) is 0 Å². The van der Waals surface area contributed by atoms with Crippen molar-refractivity contribution in [1.82, 2.24) is 0 Å². The highest BCUT2D eigenvalue weighted by Gasteiger charge is 2.52. The maximum atomic E-state index is 2.60. The lowest BCUT2D eigenvalue weighted by Crippen LogP contribution is -2.26. The summed E-state index contributed by atoms with van der Waals surface area (Å²) >= 11 is 0. The van der Waals surface area contributed by atoms with Crippen LogP contribution in [0.15, 0.2) is 224 Å². The van der Waals surface area contributed by atoms with Crippen LogP contribution in [0.5, 0.6) is 0 Å². The second-order valence-electron chi connectivity index (χ2n) is 24.0. The van der Waals surface area contributed by atoms with Gasteiger partial charge in [0.2, 0.25) is 0 Å². The lowest BCUT2D eigenvalue weighted by atomic mass is 9.70. The largest absolute Gasteiger partial charge is 0.0725 e. The lowest BCUT2D eigenvalue weighted by molar-refractivity contribution is 0.590. The quantitative estimate of drug-likeness (QED) is 0.149. The SMILES string of the molecule is CC(C)(C)c1ccc(-c2ccc(-c3cccc4c3-c3ccc(CC(c5ccc(-c6ccc(C(C)(C)C)cc6)cc5)c5ccc6c(c5)C(C)(C)c5ccccc5-6)cc3C43c4ccccc4-c4ccccc43)cc2)cc1. The van der Waals surface area contributed by atoms with Gasteiger partial charge in [-0.25, -0.2) is 0 Å². The van der Waals surface area contributed by atoms with Crippen LogP contribution in [0.1, 0.15) is 123 Å². The van der Waals surface area contributed by atoms with E-state index in [0.29, 0.717) is 0 Å². The summed E-state index contributed by atoms with van der Waals surface area (Å²) in [6.07, 6.45) is 0.861. The Kier molecular flexibility index (Phi) is 10.5. The molecule has 0 heterocycles. The van der Waals surface area contributed by atoms with E-state index < -0.39 is 5.41 Å². The van der Waals surface area contributed by atoms with Gasteiger partial charge >= 0.3 is 0 Å². The summed E-state index contributed by atoms with van der Waals surface area (Å²) in [6, 6.07) is 86.5. The maximum Gasteiger partial charge on any atom is 0.0725 e. The Balaban J connectivity index is 0.953. The summed E-state index contributed by atoms with van der Waals surface area (Å²) in [7, 11) is 0. The predicted octanol–water partition coefficient (Wildman–Crippen LogP) is 19.3. The molecule has 0 saturated heterocycles. The maximum absolute atomic E-state index is 2.60. The Bertz CT molecular complexity index is 3760. The lowest BCUT2D eigenvalue weighted by Gasteiger charge is -2.31. The van der Waals surface area contributed by atoms with Crippen molar-refractivity contribution in [1.29, 1.82) is 0 Å². The molecule has 1 spiro atoms. The highest BCUT2D eigenvalue weighted by Crippen LogP contribution is 2.64. The van der Waals surface area contributed by atoms with Crippen molar-refractivity contribution in [3.05, 3.63) is 286 Å². The molecule has 0 heteroatoms. The molecular formula is C74H64. The van der Waals surface area contributed by atoms with Gasteiger partial charge < -0.3 is 0 Å². The van der Waals surface area contributed by atoms with Crippen LogP contribution in [0.4, 0.5) is 0 Å². The van der Waals surface area contributed by atoms with Crippen LogP contribution in [0.3, 0.4) is 0 Å². The van der Waals surface area contributed by atoms with Crippen molar-refractivity contribution in [2.75, 3.05) is 0 Å². The van der Waals surface area contributed by atoms with Crippen LogP contribution >= 0.6 is 0 Å². The van der Waals surface area contributed by atoms with Crippen molar-refractivity contribution in [2.45, 2.75) is 89.4 Å². The van der Waals surface area contributed by atoms with E-state index in [-0.39, 0.29) is 22.2 Å². The minimum absolute atomic E-state index is 0.0970. The minimum atomic E-state index is -0.471. The van der Waals surface area contributed by atoms with E-state index in [2.05, 4.69) is 280 Å². The molecule has 0 nitrogen and oxygen atoms in total. The Hall–Kier alpha value is -7.80. The number of hydrogen-bond donors (Lipinski definition) is 0. The van der Waals surface area contributed by atoms with Crippen LogP contribution in [0.25, 0.3) is 66.8 Å². The molecule has 0 aromatic heterocycles. The third-order valence-electron chi connectivity index (χ3n) is 17.3. The van der Waals surface area contributed by atoms with Gasteiger partial charge in [-0.15, -0.1) is 0 Å². The zero-order valence-corrected chi connectivity index (χ0v) is 44.1. The van der Waals surface area contributed by atoms with E-state index in [1.54, 1.807) is 0 Å². The third kappa shape index (κ3) is 7.16. The predicted molar refractivity (Wildman–Crippen MR) is 312 cm³/mol. The number of fused-ring (bicyclic) bond motifs is 13. The molecule has 0 amide bonds. The zero-order chi connectivity index (χ0) is 50.7. The second-order valence-corrected chi connectivity index (χ2v) is 24.0. The average molecular weight is 953 g/mol. The Morgan fingerprint density at radius 1 is 0.324 bits per heavy atom. The highest BCUT2D eigenvalue weighted by molar-refractivity contribution is 6.00. The highest BCUT2D eigenvalue weighted by atomic mass is 14.5. The summed E-state index contributed by atoms with van der Waals surface area (Å²) in [5, 5.41) is 0. The third-order valence-corrected chi connectivity index (χ3v) is 17.3. The van der Waals surface area contributed by atoms with Crippen molar-refractivity contribution in [3.8, 4) is 66.8 Å². The summed E-state index contributed by atoms with van der Waals surface area (Å²) in [4.78, 5) is 0. The smallest absolute Gasteiger partial charge is 0.0619 e. The van der Waals surface area contributed by atoms with E-state index in [1.807, 2.05) is 0 Å². The fraction of sp³-hybridized carbons (Fsp3) is 0.189. The molecule has 1 unspecified atom stereocenters. The summed E-state index contributed by atoms with van der Waals surface area (Å²) < 4.78 is 0. The molecule has 10 aromatic rings. The molecule has 0 fully saturated rings. The van der Waals surface area contributed by atoms with Gasteiger partial charge in [-0.05, 0) is 145 Å². The molecule has 0 bridgehead atoms. The number of hydrogen-bond acceptors (Lipinski definition) is 0. The van der Waals surface area contributed by atoms with Gasteiger partial charge in [0, 0.05) is 11.3 Å². The molecule has 0 saturated carbocycles. The molecular weight excluding hydrogens is 889 g/mol. The minimum Gasteiger partial charge on any atom is -0.0619 e. The van der Waals surface area contributed by atoms with Gasteiger partial charge in [-0.3, -0.25) is 0 Å². The van der Waals surface area contributed by atoms with Crippen molar-refractivity contribution >= 4 is 0 Å². The fourth-order valence-corrected chi connectivity index (χ4v) is 13.3. The standard InChI is InChI=1S/C74H64/c1-71(2,3)55-38-33-50(34-39-55)48-25-29-52(30-26-48)57-19-15-23-67-70(57)62-42-24-47(45-69(62)74(67)65-21-13-10-17-59(65)60-18-11-14-22-66(60)74)44-63(53-31-27-49(28-32-53)51-35-40-56(41-36-51)72(4,5)6)54-37-43-61-58-16-9-12-20-64(58)73(7,8)68(61)46-54/h9-43,45-46,63H,44H2,1-8H3. The molecule has 1 atom stereocenters. The molecule has 13 rings (SSSR count). The van der Waals surface area contributed by atoms with E-state index in [4.69, 9.17) is 0 Å². The van der Waals surface area contributed by atoms with Gasteiger partial charge in [-0.2, -0.15) is 0 Å². The van der Waals surface area contributed by atoms with Crippen LogP contribution in [0.2, 0.25) is 0 Å². The first kappa shape index (κ1) is 46.0. The van der Waals surface area contributed by atoms with E-state index in [9.17, 15) is 0 Å². The van der Waals surface area contributed by atoms with Crippen LogP contribution in [-0.2, 0) is 28.1 Å².